The van der Waals surface area contributed by atoms with Gasteiger partial charge in [-0.25, -0.2) is 12.8 Å². The van der Waals surface area contributed by atoms with Crippen molar-refractivity contribution in [2.75, 3.05) is 17.8 Å². The van der Waals surface area contributed by atoms with Gasteiger partial charge in [0.05, 0.1) is 21.2 Å². The summed E-state index contributed by atoms with van der Waals surface area (Å²) in [5.41, 5.74) is -1.85. The normalized spacial score (nSPS) is 18.8. The molecule has 4 rings (SSSR count). The Kier molecular flexibility index (Phi) is 6.58. The highest BCUT2D eigenvalue weighted by molar-refractivity contribution is 7.94. The number of halogens is 5. The van der Waals surface area contributed by atoms with E-state index in [2.05, 4.69) is 10.0 Å². The minimum atomic E-state index is -4.69. The van der Waals surface area contributed by atoms with Crippen LogP contribution in [0, 0.1) is 5.82 Å². The molecule has 2 heterocycles. The van der Waals surface area contributed by atoms with Crippen molar-refractivity contribution in [3.05, 3.63) is 64.9 Å². The molecule has 1 fully saturated rings. The summed E-state index contributed by atoms with van der Waals surface area (Å²) in [6.45, 7) is 2.63. The molecule has 1 aliphatic heterocycles. The van der Waals surface area contributed by atoms with Gasteiger partial charge in [-0.05, 0) is 37.7 Å². The van der Waals surface area contributed by atoms with Crippen LogP contribution in [0.1, 0.15) is 18.9 Å². The van der Waals surface area contributed by atoms with Crippen LogP contribution < -0.4 is 14.8 Å². The van der Waals surface area contributed by atoms with Crippen LogP contribution in [0.25, 0.3) is 10.4 Å². The van der Waals surface area contributed by atoms with Crippen LogP contribution in [0.15, 0.2) is 52.7 Å². The number of thiophene rings is 1. The average Bonchev–Trinajstić information content (AvgIpc) is 3.33. The third kappa shape index (κ3) is 5.17. The fourth-order valence-corrected chi connectivity index (χ4v) is 6.46. The molecule has 12 heteroatoms. The van der Waals surface area contributed by atoms with E-state index in [-0.39, 0.29) is 25.4 Å². The molecule has 2 aromatic carbocycles. The maximum Gasteiger partial charge on any atom is 0.419 e. The highest BCUT2D eigenvalue weighted by Gasteiger charge is 2.38. The van der Waals surface area contributed by atoms with Crippen molar-refractivity contribution in [2.45, 2.75) is 29.3 Å². The van der Waals surface area contributed by atoms with Crippen LogP contribution in [0.3, 0.4) is 0 Å². The van der Waals surface area contributed by atoms with Crippen LogP contribution >= 0.6 is 22.9 Å². The second-order valence-electron chi connectivity index (χ2n) is 8.02. The first kappa shape index (κ1) is 24.8. The number of ether oxygens (including phenoxy) is 1. The summed E-state index contributed by atoms with van der Waals surface area (Å²) in [5, 5.41) is 3.07. The third-order valence-electron chi connectivity index (χ3n) is 5.27. The number of sulfonamides is 1. The van der Waals surface area contributed by atoms with Gasteiger partial charge in [-0.1, -0.05) is 29.8 Å². The molecule has 1 saturated heterocycles. The Bertz CT molecular complexity index is 1320. The van der Waals surface area contributed by atoms with Crippen molar-refractivity contribution in [3.8, 4) is 16.2 Å². The fraction of sp³-hybridized carbons (Fsp3) is 0.273. The molecule has 34 heavy (non-hydrogen) atoms. The molecule has 0 amide bonds. The summed E-state index contributed by atoms with van der Waals surface area (Å²) in [5.74, 6) is -1.04. The topological polar surface area (TPSA) is 67.4 Å². The second-order valence-corrected chi connectivity index (χ2v) is 11.4. The first-order chi connectivity index (χ1) is 15.9. The molecule has 0 bridgehead atoms. The Morgan fingerprint density at radius 2 is 1.91 bits per heavy atom. The number of anilines is 1. The van der Waals surface area contributed by atoms with Crippen molar-refractivity contribution in [2.24, 2.45) is 0 Å². The minimum Gasteiger partial charge on any atom is -0.485 e. The standard InChI is InChI=1S/C22H19ClF4N2O3S2/c1-21(8-9-28-12-21)32-18-10-13(6-7-15(18)22(25,26)27)29-34(30,31)19-11-16(23)20(33-19)14-4-2-3-5-17(14)24/h2-7,10-11,28-29H,8-9,12H2,1H3/t21-/m1/s1. The average molecular weight is 535 g/mol. The number of hydrogen-bond acceptors (Lipinski definition) is 5. The first-order valence-corrected chi connectivity index (χ1v) is 12.7. The van der Waals surface area contributed by atoms with Gasteiger partial charge in [0.25, 0.3) is 10.0 Å². The highest BCUT2D eigenvalue weighted by atomic mass is 35.5. The Morgan fingerprint density at radius 3 is 2.56 bits per heavy atom. The molecule has 1 aromatic heterocycles. The van der Waals surface area contributed by atoms with Crippen molar-refractivity contribution in [1.82, 2.24) is 5.32 Å². The van der Waals surface area contributed by atoms with Crippen LogP contribution in [-0.2, 0) is 16.2 Å². The lowest BCUT2D eigenvalue weighted by Gasteiger charge is -2.27. The Hall–Kier alpha value is -2.34. The minimum absolute atomic E-state index is 0.0357. The zero-order valence-electron chi connectivity index (χ0n) is 17.7. The third-order valence-corrected chi connectivity index (χ3v) is 8.71. The Labute approximate surface area is 202 Å². The van der Waals surface area contributed by atoms with Gasteiger partial charge in [0.1, 0.15) is 21.4 Å². The zero-order chi connectivity index (χ0) is 24.7. The highest BCUT2D eigenvalue weighted by Crippen LogP contribution is 2.42. The molecule has 2 N–H and O–H groups in total. The zero-order valence-corrected chi connectivity index (χ0v) is 20.1. The molecule has 3 aromatic rings. The van der Waals surface area contributed by atoms with Gasteiger partial charge in [0.15, 0.2) is 0 Å². The SMILES string of the molecule is C[C@@]1(Oc2cc(NS(=O)(=O)c3cc(Cl)c(-c4ccccc4F)s3)ccc2C(F)(F)F)CCNC1. The van der Waals surface area contributed by atoms with Gasteiger partial charge >= 0.3 is 6.18 Å². The smallest absolute Gasteiger partial charge is 0.419 e. The molecule has 1 atom stereocenters. The molecule has 0 radical (unpaired) electrons. The van der Waals surface area contributed by atoms with E-state index >= 15 is 0 Å². The van der Waals surface area contributed by atoms with E-state index in [4.69, 9.17) is 16.3 Å². The van der Waals surface area contributed by atoms with Gasteiger partial charge in [-0.2, -0.15) is 13.2 Å². The monoisotopic (exact) mass is 534 g/mol. The molecule has 1 aliphatic rings. The predicted molar refractivity (Wildman–Crippen MR) is 123 cm³/mol. The van der Waals surface area contributed by atoms with Crippen LogP contribution in [0.5, 0.6) is 5.75 Å². The Morgan fingerprint density at radius 1 is 1.18 bits per heavy atom. The van der Waals surface area contributed by atoms with E-state index in [0.29, 0.717) is 19.5 Å². The number of benzene rings is 2. The van der Waals surface area contributed by atoms with Gasteiger partial charge in [0.2, 0.25) is 0 Å². The van der Waals surface area contributed by atoms with Gasteiger partial charge in [-0.15, -0.1) is 11.3 Å². The molecule has 0 aliphatic carbocycles. The van der Waals surface area contributed by atoms with E-state index in [9.17, 15) is 26.0 Å². The molecule has 182 valence electrons. The summed E-state index contributed by atoms with van der Waals surface area (Å²) in [6.07, 6.45) is -4.20. The summed E-state index contributed by atoms with van der Waals surface area (Å²) < 4.78 is 88.5. The molecule has 0 unspecified atom stereocenters. The lowest BCUT2D eigenvalue weighted by atomic mass is 10.1. The molecule has 0 spiro atoms. The summed E-state index contributed by atoms with van der Waals surface area (Å²) >= 11 is 6.92. The number of rotatable bonds is 6. The van der Waals surface area contributed by atoms with Crippen LogP contribution in [0.4, 0.5) is 23.2 Å². The quantitative estimate of drug-likeness (QED) is 0.372. The van der Waals surface area contributed by atoms with Crippen molar-refractivity contribution < 1.29 is 30.7 Å². The predicted octanol–water partition coefficient (Wildman–Crippen LogP) is 6.16. The molecular weight excluding hydrogens is 516 g/mol. The van der Waals surface area contributed by atoms with E-state index in [0.717, 1.165) is 29.5 Å². The maximum absolute atomic E-state index is 14.2. The molecule has 5 nitrogen and oxygen atoms in total. The maximum atomic E-state index is 14.2. The van der Waals surface area contributed by atoms with Crippen molar-refractivity contribution in [3.63, 3.8) is 0 Å². The van der Waals surface area contributed by atoms with Crippen LogP contribution in [0.2, 0.25) is 5.02 Å². The van der Waals surface area contributed by atoms with E-state index in [1.54, 1.807) is 13.0 Å². The summed E-state index contributed by atoms with van der Waals surface area (Å²) in [6, 6.07) is 9.73. The van der Waals surface area contributed by atoms with E-state index in [1.807, 2.05) is 0 Å². The largest absolute Gasteiger partial charge is 0.485 e. The van der Waals surface area contributed by atoms with Gasteiger partial charge < -0.3 is 10.1 Å². The number of nitrogens with one attached hydrogen (secondary N) is 2. The summed E-state index contributed by atoms with van der Waals surface area (Å²) in [7, 11) is -4.23. The summed E-state index contributed by atoms with van der Waals surface area (Å²) in [4.78, 5) is 0.221. The second kappa shape index (κ2) is 9.03. The van der Waals surface area contributed by atoms with Crippen LogP contribution in [-0.4, -0.2) is 27.1 Å². The van der Waals surface area contributed by atoms with E-state index < -0.39 is 38.9 Å². The van der Waals surface area contributed by atoms with Gasteiger partial charge in [0, 0.05) is 24.6 Å². The number of hydrogen-bond donors (Lipinski definition) is 2. The molecule has 0 saturated carbocycles. The van der Waals surface area contributed by atoms with Crippen molar-refractivity contribution in [1.29, 1.82) is 0 Å². The molecular formula is C22H19ClF4N2O3S2. The van der Waals surface area contributed by atoms with E-state index in [1.165, 1.54) is 24.3 Å². The van der Waals surface area contributed by atoms with Crippen molar-refractivity contribution >= 4 is 38.6 Å². The number of alkyl halides is 3. The van der Waals surface area contributed by atoms with Gasteiger partial charge in [-0.3, -0.25) is 4.72 Å². The Balaban J connectivity index is 1.66. The lowest BCUT2D eigenvalue weighted by molar-refractivity contribution is -0.139. The lowest BCUT2D eigenvalue weighted by Crippen LogP contribution is -2.35. The first-order valence-electron chi connectivity index (χ1n) is 10.1. The fourth-order valence-electron chi connectivity index (χ4n) is 3.57.